The number of benzene rings is 11. The first kappa shape index (κ1) is 39.3. The molecule has 1 aliphatic rings. The van der Waals surface area contributed by atoms with E-state index in [9.17, 15) is 0 Å². The Hall–Kier alpha value is -8.92. The van der Waals surface area contributed by atoms with Crippen molar-refractivity contribution >= 4 is 54.3 Å². The third-order valence-corrected chi connectivity index (χ3v) is 14.4. The molecule has 0 aliphatic heterocycles. The normalized spacial score (nSPS) is 13.3. The summed E-state index contributed by atoms with van der Waals surface area (Å²) in [5, 5.41) is 9.71. The maximum Gasteiger partial charge on any atom is 0.160 e. The molecule has 0 saturated carbocycles. The predicted molar refractivity (Wildman–Crippen MR) is 286 cm³/mol. The van der Waals surface area contributed by atoms with Crippen LogP contribution in [0.1, 0.15) is 22.6 Å². The van der Waals surface area contributed by atoms with Gasteiger partial charge in [0.2, 0.25) is 0 Å². The summed E-state index contributed by atoms with van der Waals surface area (Å²) < 4.78 is 6.64. The monoisotopic (exact) mass is 878 g/mol. The SMILES string of the molecule is c1ccc(-c2ccc3c(c2)C(c2cc(-c4ccc5c6ccccc6c6ccccc6c5c4)cc(-c4cc(-c5cccc6c5oc5ccccc56)nc(-c5ccccc5)n4)c2)Cc2ccccc2-3)cc1. The minimum Gasteiger partial charge on any atom is -0.455 e. The number of para-hydroxylation sites is 2. The van der Waals surface area contributed by atoms with Gasteiger partial charge in [-0.15, -0.1) is 0 Å². The van der Waals surface area contributed by atoms with E-state index in [4.69, 9.17) is 14.4 Å². The average Bonchev–Trinajstić information content (AvgIpc) is 3.82. The van der Waals surface area contributed by atoms with E-state index in [-0.39, 0.29) is 5.92 Å². The standard InChI is InChI=1S/C66H42N2O/c1-3-16-41(17-4-1)43-30-32-54-49-21-8-7-20-45(49)39-59(61(54)37-43)47-34-46(44-31-33-55-52-24-10-9-22-50(52)51-23-11-12-25-53(51)60(55)38-44)35-48(36-47)62-40-63(68-66(67-62)42-18-5-2-6-19-42)58-28-15-27-57-56-26-13-14-29-64(56)69-65(57)58/h1-38,40,59H,39H2. The molecule has 0 spiro atoms. The maximum atomic E-state index is 6.64. The van der Waals surface area contributed by atoms with E-state index >= 15 is 0 Å². The Kier molecular flexibility index (Phi) is 9.03. The molecule has 3 heteroatoms. The van der Waals surface area contributed by atoms with Gasteiger partial charge in [0.1, 0.15) is 11.2 Å². The van der Waals surface area contributed by atoms with Gasteiger partial charge in [-0.25, -0.2) is 9.97 Å². The van der Waals surface area contributed by atoms with Crippen molar-refractivity contribution in [2.45, 2.75) is 12.3 Å². The molecule has 13 aromatic rings. The summed E-state index contributed by atoms with van der Waals surface area (Å²) in [4.78, 5) is 10.8. The largest absolute Gasteiger partial charge is 0.455 e. The van der Waals surface area contributed by atoms with E-state index in [0.717, 1.165) is 67.6 Å². The molecule has 11 aromatic carbocycles. The first-order chi connectivity index (χ1) is 34.2. The Balaban J connectivity index is 1.03. The Labute approximate surface area is 399 Å². The number of aromatic nitrogens is 2. The lowest BCUT2D eigenvalue weighted by atomic mass is 9.74. The minimum atomic E-state index is 0.0710. The molecule has 2 heterocycles. The fraction of sp³-hybridized carbons (Fsp3) is 0.0303. The third kappa shape index (κ3) is 6.58. The molecule has 322 valence electrons. The molecule has 69 heavy (non-hydrogen) atoms. The van der Waals surface area contributed by atoms with Gasteiger partial charge >= 0.3 is 0 Å². The maximum absolute atomic E-state index is 6.64. The van der Waals surface area contributed by atoms with Crippen molar-refractivity contribution in [3.63, 3.8) is 0 Å². The molecule has 0 radical (unpaired) electrons. The van der Waals surface area contributed by atoms with Crippen molar-refractivity contribution in [2.75, 3.05) is 0 Å². The summed E-state index contributed by atoms with van der Waals surface area (Å²) in [6.45, 7) is 0. The second kappa shape index (κ2) is 15.9. The van der Waals surface area contributed by atoms with E-state index in [0.29, 0.717) is 5.82 Å². The highest BCUT2D eigenvalue weighted by Crippen LogP contribution is 2.47. The molecule has 1 atom stereocenters. The lowest BCUT2D eigenvalue weighted by Gasteiger charge is -2.30. The van der Waals surface area contributed by atoms with Crippen molar-refractivity contribution in [3.05, 3.63) is 253 Å². The minimum absolute atomic E-state index is 0.0710. The van der Waals surface area contributed by atoms with Gasteiger partial charge in [-0.2, -0.15) is 0 Å². The predicted octanol–water partition coefficient (Wildman–Crippen LogP) is 17.5. The van der Waals surface area contributed by atoms with E-state index in [1.807, 2.05) is 18.2 Å². The van der Waals surface area contributed by atoms with Crippen LogP contribution in [0.3, 0.4) is 0 Å². The Bertz CT molecular complexity index is 4130. The van der Waals surface area contributed by atoms with Crippen molar-refractivity contribution < 1.29 is 4.42 Å². The second-order valence-electron chi connectivity index (χ2n) is 18.4. The van der Waals surface area contributed by atoms with Gasteiger partial charge in [0.05, 0.1) is 11.4 Å². The molecule has 0 fully saturated rings. The topological polar surface area (TPSA) is 38.9 Å². The second-order valence-corrected chi connectivity index (χ2v) is 18.4. The van der Waals surface area contributed by atoms with Crippen molar-refractivity contribution in [2.24, 2.45) is 0 Å². The highest BCUT2D eigenvalue weighted by molar-refractivity contribution is 6.25. The molecular formula is C66H42N2O. The average molecular weight is 879 g/mol. The summed E-state index contributed by atoms with van der Waals surface area (Å²) in [5.41, 5.74) is 17.5. The van der Waals surface area contributed by atoms with Crippen LogP contribution in [-0.4, -0.2) is 9.97 Å². The third-order valence-electron chi connectivity index (χ3n) is 14.4. The van der Waals surface area contributed by atoms with Crippen LogP contribution in [0.25, 0.3) is 122 Å². The van der Waals surface area contributed by atoms with E-state index < -0.39 is 0 Å². The molecule has 0 amide bonds. The Morgan fingerprint density at radius 1 is 0.333 bits per heavy atom. The summed E-state index contributed by atoms with van der Waals surface area (Å²) in [7, 11) is 0. The lowest BCUT2D eigenvalue weighted by Crippen LogP contribution is -2.13. The van der Waals surface area contributed by atoms with Gasteiger partial charge in [0, 0.05) is 33.4 Å². The summed E-state index contributed by atoms with van der Waals surface area (Å²) in [6, 6.07) is 85.8. The zero-order chi connectivity index (χ0) is 45.4. The smallest absolute Gasteiger partial charge is 0.160 e. The van der Waals surface area contributed by atoms with Crippen LogP contribution in [-0.2, 0) is 6.42 Å². The van der Waals surface area contributed by atoms with Crippen molar-refractivity contribution in [1.29, 1.82) is 0 Å². The fourth-order valence-corrected chi connectivity index (χ4v) is 11.1. The zero-order valence-corrected chi connectivity index (χ0v) is 37.6. The number of hydrogen-bond acceptors (Lipinski definition) is 3. The van der Waals surface area contributed by atoms with Crippen molar-refractivity contribution in [3.8, 4) is 67.3 Å². The van der Waals surface area contributed by atoms with Gasteiger partial charge in [-0.3, -0.25) is 0 Å². The van der Waals surface area contributed by atoms with Crippen LogP contribution in [0.2, 0.25) is 0 Å². The number of rotatable bonds is 6. The molecule has 1 unspecified atom stereocenters. The highest BCUT2D eigenvalue weighted by Gasteiger charge is 2.28. The summed E-state index contributed by atoms with van der Waals surface area (Å²) in [6.07, 6.45) is 0.872. The van der Waals surface area contributed by atoms with Gasteiger partial charge < -0.3 is 4.42 Å². The molecule has 1 aliphatic carbocycles. The van der Waals surface area contributed by atoms with Crippen LogP contribution in [0.4, 0.5) is 0 Å². The Morgan fingerprint density at radius 2 is 0.913 bits per heavy atom. The molecule has 14 rings (SSSR count). The number of fused-ring (bicyclic) bond motifs is 12. The van der Waals surface area contributed by atoms with Gasteiger partial charge in [-0.1, -0.05) is 194 Å². The molecule has 0 saturated heterocycles. The van der Waals surface area contributed by atoms with Crippen molar-refractivity contribution in [1.82, 2.24) is 9.97 Å². The zero-order valence-electron chi connectivity index (χ0n) is 37.6. The van der Waals surface area contributed by atoms with Gasteiger partial charge in [0.15, 0.2) is 5.82 Å². The van der Waals surface area contributed by atoms with Crippen LogP contribution >= 0.6 is 0 Å². The number of hydrogen-bond donors (Lipinski definition) is 0. The first-order valence-electron chi connectivity index (χ1n) is 23.8. The fourth-order valence-electron chi connectivity index (χ4n) is 11.1. The number of furan rings is 1. The van der Waals surface area contributed by atoms with Gasteiger partial charge in [-0.05, 0) is 131 Å². The van der Waals surface area contributed by atoms with E-state index in [1.54, 1.807) is 0 Å². The van der Waals surface area contributed by atoms with Crippen LogP contribution < -0.4 is 0 Å². The molecule has 0 N–H and O–H groups in total. The summed E-state index contributed by atoms with van der Waals surface area (Å²) in [5.74, 6) is 0.735. The van der Waals surface area contributed by atoms with Gasteiger partial charge in [0.25, 0.3) is 0 Å². The van der Waals surface area contributed by atoms with E-state index in [2.05, 4.69) is 218 Å². The summed E-state index contributed by atoms with van der Waals surface area (Å²) >= 11 is 0. The van der Waals surface area contributed by atoms with Crippen LogP contribution in [0, 0.1) is 0 Å². The Morgan fingerprint density at radius 3 is 1.70 bits per heavy atom. The molecule has 3 nitrogen and oxygen atoms in total. The van der Waals surface area contributed by atoms with Crippen LogP contribution in [0.15, 0.2) is 241 Å². The lowest BCUT2D eigenvalue weighted by molar-refractivity contribution is 0.670. The van der Waals surface area contributed by atoms with E-state index in [1.165, 1.54) is 71.3 Å². The quantitative estimate of drug-likeness (QED) is 0.156. The van der Waals surface area contributed by atoms with Crippen LogP contribution in [0.5, 0.6) is 0 Å². The number of nitrogens with zero attached hydrogens (tertiary/aromatic N) is 2. The molecule has 2 aromatic heterocycles. The molecule has 0 bridgehead atoms. The molecular weight excluding hydrogens is 837 g/mol. The first-order valence-corrected chi connectivity index (χ1v) is 23.8. The highest BCUT2D eigenvalue weighted by atomic mass is 16.3.